The Hall–Kier alpha value is -2.04. The number of methoxy groups -OCH3 is 1. The van der Waals surface area contributed by atoms with Gasteiger partial charge < -0.3 is 19.1 Å². The van der Waals surface area contributed by atoms with E-state index >= 15 is 0 Å². The van der Waals surface area contributed by atoms with E-state index in [2.05, 4.69) is 24.1 Å². The highest BCUT2D eigenvalue weighted by molar-refractivity contribution is 5.34. The molecule has 1 aliphatic rings. The normalized spacial score (nSPS) is 20.0. The monoisotopic (exact) mass is 313 g/mol. The standard InChI is InChI=1S/C19H23NO3/c1-20-11-12-22-18(14-20)19(15-7-4-3-5-8-15)23-17-10-6-9-16(13-17)21-2/h3-10,13,18-19H,11-12,14H2,1-2H3. The van der Waals surface area contributed by atoms with E-state index in [0.29, 0.717) is 0 Å². The van der Waals surface area contributed by atoms with E-state index in [1.54, 1.807) is 7.11 Å². The lowest BCUT2D eigenvalue weighted by atomic mass is 10.0. The van der Waals surface area contributed by atoms with E-state index in [9.17, 15) is 0 Å². The molecule has 0 N–H and O–H groups in total. The van der Waals surface area contributed by atoms with Gasteiger partial charge in [-0.3, -0.25) is 0 Å². The van der Waals surface area contributed by atoms with E-state index in [0.717, 1.165) is 36.8 Å². The minimum atomic E-state index is -0.147. The fourth-order valence-electron chi connectivity index (χ4n) is 2.82. The molecule has 0 bridgehead atoms. The molecule has 1 saturated heterocycles. The molecule has 23 heavy (non-hydrogen) atoms. The van der Waals surface area contributed by atoms with Crippen LogP contribution in [0.25, 0.3) is 0 Å². The second kappa shape index (κ2) is 7.49. The maximum atomic E-state index is 6.30. The molecule has 0 aliphatic carbocycles. The van der Waals surface area contributed by atoms with Crippen molar-refractivity contribution < 1.29 is 14.2 Å². The Kier molecular flexibility index (Phi) is 5.16. The highest BCUT2D eigenvalue weighted by atomic mass is 16.5. The van der Waals surface area contributed by atoms with E-state index < -0.39 is 0 Å². The Morgan fingerprint density at radius 1 is 1.09 bits per heavy atom. The van der Waals surface area contributed by atoms with Gasteiger partial charge in [-0.05, 0) is 24.7 Å². The summed E-state index contributed by atoms with van der Waals surface area (Å²) in [6.07, 6.45) is -0.145. The van der Waals surface area contributed by atoms with Crippen LogP contribution in [0.15, 0.2) is 54.6 Å². The van der Waals surface area contributed by atoms with Crippen LogP contribution >= 0.6 is 0 Å². The van der Waals surface area contributed by atoms with Gasteiger partial charge in [-0.1, -0.05) is 36.4 Å². The fraction of sp³-hybridized carbons (Fsp3) is 0.368. The quantitative estimate of drug-likeness (QED) is 0.848. The van der Waals surface area contributed by atoms with Gasteiger partial charge in [-0.15, -0.1) is 0 Å². The van der Waals surface area contributed by atoms with Crippen molar-refractivity contribution in [2.45, 2.75) is 12.2 Å². The van der Waals surface area contributed by atoms with Gasteiger partial charge in [0.15, 0.2) is 6.10 Å². The van der Waals surface area contributed by atoms with Gasteiger partial charge in [-0.25, -0.2) is 0 Å². The second-order valence-corrected chi connectivity index (χ2v) is 5.80. The Balaban J connectivity index is 1.85. The lowest BCUT2D eigenvalue weighted by molar-refractivity contribution is -0.0760. The molecule has 1 aliphatic heterocycles. The summed E-state index contributed by atoms with van der Waals surface area (Å²) in [6, 6.07) is 18.0. The average Bonchev–Trinajstić information content (AvgIpc) is 2.60. The fourth-order valence-corrected chi connectivity index (χ4v) is 2.82. The van der Waals surface area contributed by atoms with Gasteiger partial charge in [0.25, 0.3) is 0 Å². The molecule has 2 aromatic rings. The molecular formula is C19H23NO3. The predicted molar refractivity (Wildman–Crippen MR) is 90.0 cm³/mol. The maximum Gasteiger partial charge on any atom is 0.151 e. The zero-order valence-electron chi connectivity index (χ0n) is 13.6. The summed E-state index contributed by atoms with van der Waals surface area (Å²) in [6.45, 7) is 2.53. The van der Waals surface area contributed by atoms with Gasteiger partial charge in [0.1, 0.15) is 17.6 Å². The van der Waals surface area contributed by atoms with Crippen molar-refractivity contribution in [3.8, 4) is 11.5 Å². The third kappa shape index (κ3) is 4.03. The Labute approximate surface area is 137 Å². The molecule has 4 heteroatoms. The summed E-state index contributed by atoms with van der Waals surface area (Å²) >= 11 is 0. The highest BCUT2D eigenvalue weighted by Crippen LogP contribution is 2.30. The van der Waals surface area contributed by atoms with Gasteiger partial charge in [0.05, 0.1) is 13.7 Å². The molecule has 0 amide bonds. The predicted octanol–water partition coefficient (Wildman–Crippen LogP) is 3.15. The van der Waals surface area contributed by atoms with Crippen molar-refractivity contribution in [3.05, 3.63) is 60.2 Å². The molecule has 0 aromatic heterocycles. The van der Waals surface area contributed by atoms with Crippen LogP contribution in [0.4, 0.5) is 0 Å². The van der Waals surface area contributed by atoms with Crippen molar-refractivity contribution in [2.75, 3.05) is 33.9 Å². The summed E-state index contributed by atoms with van der Waals surface area (Å²) in [5.41, 5.74) is 1.12. The molecule has 1 heterocycles. The van der Waals surface area contributed by atoms with Crippen molar-refractivity contribution in [1.82, 2.24) is 4.90 Å². The van der Waals surface area contributed by atoms with Crippen LogP contribution in [0, 0.1) is 0 Å². The molecule has 2 atom stereocenters. The third-order valence-corrected chi connectivity index (χ3v) is 4.07. The van der Waals surface area contributed by atoms with Crippen molar-refractivity contribution in [1.29, 1.82) is 0 Å². The van der Waals surface area contributed by atoms with Gasteiger partial charge >= 0.3 is 0 Å². The zero-order valence-corrected chi connectivity index (χ0v) is 13.6. The second-order valence-electron chi connectivity index (χ2n) is 5.80. The first-order valence-corrected chi connectivity index (χ1v) is 7.92. The number of rotatable bonds is 5. The Morgan fingerprint density at radius 3 is 2.61 bits per heavy atom. The van der Waals surface area contributed by atoms with Crippen molar-refractivity contribution >= 4 is 0 Å². The molecule has 0 saturated carbocycles. The summed E-state index contributed by atoms with van der Waals surface area (Å²) in [5, 5.41) is 0. The minimum Gasteiger partial charge on any atom is -0.497 e. The lowest BCUT2D eigenvalue weighted by Crippen LogP contribution is -2.44. The van der Waals surface area contributed by atoms with Crippen LogP contribution in [-0.4, -0.2) is 44.9 Å². The molecule has 0 spiro atoms. The van der Waals surface area contributed by atoms with Gasteiger partial charge in [0, 0.05) is 19.2 Å². The van der Waals surface area contributed by atoms with Crippen LogP contribution in [0.5, 0.6) is 11.5 Å². The molecule has 3 rings (SSSR count). The number of benzene rings is 2. The molecule has 122 valence electrons. The number of likely N-dealkylation sites (N-methyl/N-ethyl adjacent to an activating group) is 1. The number of morpholine rings is 1. The zero-order chi connectivity index (χ0) is 16.1. The molecule has 2 aromatic carbocycles. The summed E-state index contributed by atoms with van der Waals surface area (Å²) in [7, 11) is 3.77. The molecule has 0 radical (unpaired) electrons. The van der Waals surface area contributed by atoms with E-state index in [1.807, 2.05) is 42.5 Å². The van der Waals surface area contributed by atoms with Crippen LogP contribution in [-0.2, 0) is 4.74 Å². The summed E-state index contributed by atoms with van der Waals surface area (Å²) in [4.78, 5) is 2.28. The number of hydrogen-bond acceptors (Lipinski definition) is 4. The highest BCUT2D eigenvalue weighted by Gasteiger charge is 2.29. The molecular weight excluding hydrogens is 290 g/mol. The first kappa shape index (κ1) is 15.8. The Bertz CT molecular complexity index is 617. The van der Waals surface area contributed by atoms with Crippen LogP contribution in [0.2, 0.25) is 0 Å². The minimum absolute atomic E-state index is 0.00218. The van der Waals surface area contributed by atoms with Crippen LogP contribution in [0.3, 0.4) is 0 Å². The molecule has 4 nitrogen and oxygen atoms in total. The third-order valence-electron chi connectivity index (χ3n) is 4.07. The largest absolute Gasteiger partial charge is 0.497 e. The average molecular weight is 313 g/mol. The number of nitrogens with zero attached hydrogens (tertiary/aromatic N) is 1. The van der Waals surface area contributed by atoms with E-state index in [1.165, 1.54) is 0 Å². The molecule has 1 fully saturated rings. The van der Waals surface area contributed by atoms with E-state index in [4.69, 9.17) is 14.2 Å². The smallest absolute Gasteiger partial charge is 0.151 e. The van der Waals surface area contributed by atoms with Crippen LogP contribution < -0.4 is 9.47 Å². The lowest BCUT2D eigenvalue weighted by Gasteiger charge is -2.35. The first-order valence-electron chi connectivity index (χ1n) is 7.92. The van der Waals surface area contributed by atoms with E-state index in [-0.39, 0.29) is 12.2 Å². The maximum absolute atomic E-state index is 6.30. The number of ether oxygens (including phenoxy) is 3. The SMILES string of the molecule is COc1cccc(OC(c2ccccc2)C2CN(C)CCO2)c1. The summed E-state index contributed by atoms with van der Waals surface area (Å²) in [5.74, 6) is 1.58. The van der Waals surface area contributed by atoms with Crippen LogP contribution in [0.1, 0.15) is 11.7 Å². The van der Waals surface area contributed by atoms with Gasteiger partial charge in [-0.2, -0.15) is 0 Å². The molecule has 2 unspecified atom stereocenters. The first-order chi connectivity index (χ1) is 11.3. The van der Waals surface area contributed by atoms with Crippen molar-refractivity contribution in [2.24, 2.45) is 0 Å². The topological polar surface area (TPSA) is 30.9 Å². The Morgan fingerprint density at radius 2 is 1.87 bits per heavy atom. The number of hydrogen-bond donors (Lipinski definition) is 0. The summed E-state index contributed by atoms with van der Waals surface area (Å²) < 4.78 is 17.6. The van der Waals surface area contributed by atoms with Gasteiger partial charge in [0.2, 0.25) is 0 Å². The van der Waals surface area contributed by atoms with Crippen molar-refractivity contribution in [3.63, 3.8) is 0 Å².